The van der Waals surface area contributed by atoms with Crippen molar-refractivity contribution in [1.29, 1.82) is 0 Å². The Balaban J connectivity index is 3.99. The number of allylic oxidation sites excluding steroid dienone is 8. The van der Waals surface area contributed by atoms with Gasteiger partial charge in [0.05, 0.1) is 0 Å². The Morgan fingerprint density at radius 2 is 0.557 bits per heavy atom. The third-order valence-electron chi connectivity index (χ3n) is 13.6. The zero-order valence-electron chi connectivity index (χ0n) is 46.8. The van der Waals surface area contributed by atoms with Gasteiger partial charge >= 0.3 is 17.9 Å². The molecule has 1 atom stereocenters. The molecule has 70 heavy (non-hydrogen) atoms. The van der Waals surface area contributed by atoms with E-state index in [2.05, 4.69) is 69.4 Å². The number of rotatable bonds is 56. The van der Waals surface area contributed by atoms with Crippen molar-refractivity contribution in [2.24, 2.45) is 0 Å². The molecule has 0 aliphatic heterocycles. The Kier molecular flexibility index (Phi) is 56.7. The van der Waals surface area contributed by atoms with Gasteiger partial charge in [0, 0.05) is 19.3 Å². The van der Waals surface area contributed by atoms with Crippen molar-refractivity contribution in [3.8, 4) is 0 Å². The molecule has 0 N–H and O–H groups in total. The lowest BCUT2D eigenvalue weighted by atomic mass is 10.0. The van der Waals surface area contributed by atoms with Crippen molar-refractivity contribution in [1.82, 2.24) is 0 Å². The average Bonchev–Trinajstić information content (AvgIpc) is 3.36. The molecule has 0 saturated heterocycles. The normalized spacial score (nSPS) is 12.3. The summed E-state index contributed by atoms with van der Waals surface area (Å²) in [5, 5.41) is 0. The number of carbonyl (C=O) groups is 3. The number of hydrogen-bond donors (Lipinski definition) is 0. The Bertz CT molecular complexity index is 1220. The molecule has 0 aromatic rings. The van der Waals surface area contributed by atoms with Crippen LogP contribution in [0, 0.1) is 0 Å². The maximum Gasteiger partial charge on any atom is 0.306 e. The van der Waals surface area contributed by atoms with Gasteiger partial charge in [0.1, 0.15) is 13.2 Å². The maximum atomic E-state index is 12.8. The van der Waals surface area contributed by atoms with Crippen molar-refractivity contribution >= 4 is 17.9 Å². The summed E-state index contributed by atoms with van der Waals surface area (Å²) in [6.07, 6.45) is 73.2. The fourth-order valence-corrected chi connectivity index (χ4v) is 9.02. The molecular weight excluding hydrogens is 865 g/mol. The molecule has 408 valence electrons. The van der Waals surface area contributed by atoms with Gasteiger partial charge in [-0.15, -0.1) is 0 Å². The van der Waals surface area contributed by atoms with E-state index in [1.54, 1.807) is 0 Å². The highest BCUT2D eigenvalue weighted by molar-refractivity contribution is 5.71. The van der Waals surface area contributed by atoms with Gasteiger partial charge in [0.25, 0.3) is 0 Å². The molecule has 0 aliphatic rings. The smallest absolute Gasteiger partial charge is 0.306 e. The summed E-state index contributed by atoms with van der Waals surface area (Å²) in [6, 6.07) is 0. The van der Waals surface area contributed by atoms with Gasteiger partial charge in [-0.05, 0) is 57.8 Å². The van der Waals surface area contributed by atoms with E-state index in [9.17, 15) is 14.4 Å². The lowest BCUT2D eigenvalue weighted by molar-refractivity contribution is -0.167. The average molecular weight is 982 g/mol. The third kappa shape index (κ3) is 56.3. The van der Waals surface area contributed by atoms with Crippen LogP contribution in [0.25, 0.3) is 0 Å². The predicted molar refractivity (Wildman–Crippen MR) is 302 cm³/mol. The topological polar surface area (TPSA) is 78.9 Å². The molecule has 6 nitrogen and oxygen atoms in total. The van der Waals surface area contributed by atoms with Gasteiger partial charge in [-0.3, -0.25) is 14.4 Å². The Morgan fingerprint density at radius 1 is 0.300 bits per heavy atom. The van der Waals surface area contributed by atoms with Gasteiger partial charge in [-0.25, -0.2) is 0 Å². The van der Waals surface area contributed by atoms with Gasteiger partial charge in [0.2, 0.25) is 0 Å². The van der Waals surface area contributed by atoms with E-state index in [1.807, 2.05) is 0 Å². The van der Waals surface area contributed by atoms with E-state index < -0.39 is 6.10 Å². The maximum absolute atomic E-state index is 12.8. The van der Waals surface area contributed by atoms with E-state index in [0.717, 1.165) is 103 Å². The number of esters is 3. The van der Waals surface area contributed by atoms with E-state index in [4.69, 9.17) is 14.2 Å². The first-order valence-electron chi connectivity index (χ1n) is 30.6. The summed E-state index contributed by atoms with van der Waals surface area (Å²) in [4.78, 5) is 37.8. The predicted octanol–water partition coefficient (Wildman–Crippen LogP) is 20.6. The van der Waals surface area contributed by atoms with E-state index >= 15 is 0 Å². The minimum Gasteiger partial charge on any atom is -0.462 e. The van der Waals surface area contributed by atoms with Crippen molar-refractivity contribution in [3.05, 3.63) is 48.6 Å². The Morgan fingerprint density at radius 3 is 0.871 bits per heavy atom. The minimum absolute atomic E-state index is 0.0762. The summed E-state index contributed by atoms with van der Waals surface area (Å²) < 4.78 is 16.7. The fourth-order valence-electron chi connectivity index (χ4n) is 9.02. The summed E-state index contributed by atoms with van der Waals surface area (Å²) in [5.41, 5.74) is 0. The zero-order valence-corrected chi connectivity index (χ0v) is 46.8. The van der Waals surface area contributed by atoms with Crippen LogP contribution in [0.1, 0.15) is 323 Å². The quantitative estimate of drug-likeness (QED) is 0.0261. The molecule has 0 spiro atoms. The van der Waals surface area contributed by atoms with Crippen molar-refractivity contribution in [2.75, 3.05) is 13.2 Å². The van der Waals surface area contributed by atoms with Gasteiger partial charge < -0.3 is 14.2 Å². The van der Waals surface area contributed by atoms with Crippen LogP contribution in [0.3, 0.4) is 0 Å². The second-order valence-corrected chi connectivity index (χ2v) is 20.6. The summed E-state index contributed by atoms with van der Waals surface area (Å²) >= 11 is 0. The second-order valence-electron chi connectivity index (χ2n) is 20.6. The van der Waals surface area contributed by atoms with E-state index in [1.165, 1.54) is 180 Å². The summed E-state index contributed by atoms with van der Waals surface area (Å²) in [5.74, 6) is -0.890. The highest BCUT2D eigenvalue weighted by Gasteiger charge is 2.19. The van der Waals surface area contributed by atoms with Crippen LogP contribution in [-0.4, -0.2) is 37.2 Å². The molecule has 1 unspecified atom stereocenters. The van der Waals surface area contributed by atoms with Crippen LogP contribution in [0.5, 0.6) is 0 Å². The Hall–Kier alpha value is -2.63. The van der Waals surface area contributed by atoms with Gasteiger partial charge in [-0.1, -0.05) is 294 Å². The first-order chi connectivity index (χ1) is 34.5. The number of hydrogen-bond acceptors (Lipinski definition) is 6. The third-order valence-corrected chi connectivity index (χ3v) is 13.6. The fraction of sp³-hybridized carbons (Fsp3) is 0.828. The first kappa shape index (κ1) is 67.4. The molecule has 0 bridgehead atoms. The first-order valence-corrected chi connectivity index (χ1v) is 30.6. The van der Waals surface area contributed by atoms with Gasteiger partial charge in [-0.2, -0.15) is 0 Å². The largest absolute Gasteiger partial charge is 0.462 e. The van der Waals surface area contributed by atoms with Crippen LogP contribution in [0.15, 0.2) is 48.6 Å². The summed E-state index contributed by atoms with van der Waals surface area (Å²) in [7, 11) is 0. The summed E-state index contributed by atoms with van der Waals surface area (Å²) in [6.45, 7) is 6.47. The second kappa shape index (κ2) is 58.9. The van der Waals surface area contributed by atoms with Crippen LogP contribution in [-0.2, 0) is 28.6 Å². The van der Waals surface area contributed by atoms with Crippen LogP contribution in [0.4, 0.5) is 0 Å². The van der Waals surface area contributed by atoms with Crippen molar-refractivity contribution in [3.63, 3.8) is 0 Å². The van der Waals surface area contributed by atoms with E-state index in [-0.39, 0.29) is 31.1 Å². The molecule has 6 heteroatoms. The molecule has 0 amide bonds. The number of carbonyl (C=O) groups excluding carboxylic acids is 3. The molecular formula is C64H116O6. The van der Waals surface area contributed by atoms with Crippen molar-refractivity contribution < 1.29 is 28.6 Å². The number of unbranched alkanes of at least 4 members (excludes halogenated alkanes) is 37. The lowest BCUT2D eigenvalue weighted by Gasteiger charge is -2.18. The molecule has 0 aromatic carbocycles. The highest BCUT2D eigenvalue weighted by Crippen LogP contribution is 2.18. The zero-order chi connectivity index (χ0) is 50.7. The van der Waals surface area contributed by atoms with Gasteiger partial charge in [0.15, 0.2) is 6.10 Å². The monoisotopic (exact) mass is 981 g/mol. The molecule has 0 saturated carbocycles. The minimum atomic E-state index is -0.775. The molecule has 0 heterocycles. The Labute approximate surface area is 435 Å². The highest BCUT2D eigenvalue weighted by atomic mass is 16.6. The molecule has 0 aliphatic carbocycles. The SMILES string of the molecule is CC/C=C\C/C=C\C/C=C\C/C=C\CCCCCCCCC(=O)OC(COC(=O)CCCCCCC)COC(=O)CCCCCCCCCCCCCCCCCCCCCCCCCCCCCC. The molecule has 0 fully saturated rings. The standard InChI is InChI=1S/C64H116O6/c1-4-7-10-13-15-17-19-21-23-25-27-28-29-30-31-32-33-34-35-37-38-40-42-44-46-48-51-54-57-63(66)69-60-61(59-68-62(65)56-53-50-12-9-6-3)70-64(67)58-55-52-49-47-45-43-41-39-36-26-24-22-20-18-16-14-11-8-5-2/h8,11,16,18,22,24,36,39,61H,4-7,9-10,12-15,17,19-21,23,25-35,37-38,40-60H2,1-3H3/b11-8-,18-16-,24-22-,39-36-. The number of ether oxygens (including phenoxy) is 3. The van der Waals surface area contributed by atoms with E-state index in [0.29, 0.717) is 19.3 Å². The van der Waals surface area contributed by atoms with Crippen LogP contribution in [0.2, 0.25) is 0 Å². The molecule has 0 radical (unpaired) electrons. The van der Waals surface area contributed by atoms with Crippen LogP contribution < -0.4 is 0 Å². The lowest BCUT2D eigenvalue weighted by Crippen LogP contribution is -2.30. The molecule has 0 aromatic heterocycles. The van der Waals surface area contributed by atoms with Crippen LogP contribution >= 0.6 is 0 Å². The van der Waals surface area contributed by atoms with Crippen molar-refractivity contribution in [2.45, 2.75) is 329 Å². The molecule has 0 rings (SSSR count).